The second-order valence-electron chi connectivity index (χ2n) is 6.39. The zero-order chi connectivity index (χ0) is 16.5. The van der Waals surface area contributed by atoms with Gasteiger partial charge in [-0.3, -0.25) is 9.58 Å². The first-order valence-corrected chi connectivity index (χ1v) is 8.31. The van der Waals surface area contributed by atoms with Crippen LogP contribution in [0.25, 0.3) is 11.4 Å². The molecule has 5 heteroatoms. The summed E-state index contributed by atoms with van der Waals surface area (Å²) < 4.78 is 1.97. The van der Waals surface area contributed by atoms with Crippen LogP contribution >= 0.6 is 0 Å². The molecule has 122 valence electrons. The zero-order valence-electron chi connectivity index (χ0n) is 14.1. The van der Waals surface area contributed by atoms with Crippen LogP contribution in [0.2, 0.25) is 0 Å². The molecule has 0 spiro atoms. The van der Waals surface area contributed by atoms with Crippen LogP contribution in [0.1, 0.15) is 22.6 Å². The van der Waals surface area contributed by atoms with Gasteiger partial charge >= 0.3 is 0 Å². The van der Waals surface area contributed by atoms with Gasteiger partial charge in [0.05, 0.1) is 17.1 Å². The molecule has 4 rings (SSSR count). The summed E-state index contributed by atoms with van der Waals surface area (Å²) in [6.45, 7) is 4.86. The quantitative estimate of drug-likeness (QED) is 0.745. The number of rotatable bonds is 3. The van der Waals surface area contributed by atoms with Crippen molar-refractivity contribution in [2.75, 3.05) is 6.54 Å². The molecule has 0 radical (unpaired) electrons. The molecule has 0 saturated carbocycles. The predicted molar refractivity (Wildman–Crippen MR) is 93.2 cm³/mol. The summed E-state index contributed by atoms with van der Waals surface area (Å²) in [7, 11) is 2.01. The lowest BCUT2D eigenvalue weighted by Crippen LogP contribution is -2.31. The Labute approximate surface area is 142 Å². The molecule has 1 aliphatic heterocycles. The van der Waals surface area contributed by atoms with Crippen LogP contribution in [-0.4, -0.2) is 31.2 Å². The number of fused-ring (bicyclic) bond motifs is 1. The summed E-state index contributed by atoms with van der Waals surface area (Å²) >= 11 is 0. The number of aryl methyl sites for hydroxylation is 2. The fourth-order valence-corrected chi connectivity index (χ4v) is 3.28. The first kappa shape index (κ1) is 15.0. The highest BCUT2D eigenvalue weighted by Gasteiger charge is 2.20. The molecule has 1 aromatic carbocycles. The van der Waals surface area contributed by atoms with Crippen LogP contribution in [0, 0.1) is 6.92 Å². The first-order valence-electron chi connectivity index (χ1n) is 8.31. The molecule has 0 amide bonds. The van der Waals surface area contributed by atoms with E-state index in [1.807, 2.05) is 43.0 Å². The minimum absolute atomic E-state index is 0.824. The van der Waals surface area contributed by atoms with Gasteiger partial charge in [-0.2, -0.15) is 5.10 Å². The Kier molecular flexibility index (Phi) is 3.86. The van der Waals surface area contributed by atoms with Crippen molar-refractivity contribution in [2.45, 2.75) is 26.4 Å². The van der Waals surface area contributed by atoms with Gasteiger partial charge in [0.1, 0.15) is 0 Å². The van der Waals surface area contributed by atoms with Crippen LogP contribution in [0.15, 0.2) is 42.6 Å². The molecule has 0 atom stereocenters. The Morgan fingerprint density at radius 3 is 2.75 bits per heavy atom. The third-order valence-electron chi connectivity index (χ3n) is 4.53. The van der Waals surface area contributed by atoms with Crippen molar-refractivity contribution in [2.24, 2.45) is 7.05 Å². The summed E-state index contributed by atoms with van der Waals surface area (Å²) in [6, 6.07) is 12.3. The Bertz CT molecular complexity index is 853. The molecule has 0 bridgehead atoms. The predicted octanol–water partition coefficient (Wildman–Crippen LogP) is 2.74. The highest BCUT2D eigenvalue weighted by atomic mass is 15.3. The van der Waals surface area contributed by atoms with Crippen molar-refractivity contribution in [1.82, 2.24) is 24.6 Å². The molecule has 0 aliphatic carbocycles. The van der Waals surface area contributed by atoms with Crippen molar-refractivity contribution in [3.05, 3.63) is 65.2 Å². The van der Waals surface area contributed by atoms with Crippen LogP contribution in [-0.2, 0) is 26.6 Å². The van der Waals surface area contributed by atoms with E-state index in [0.717, 1.165) is 43.1 Å². The van der Waals surface area contributed by atoms with Crippen LogP contribution in [0.5, 0.6) is 0 Å². The molecule has 24 heavy (non-hydrogen) atoms. The molecule has 0 N–H and O–H groups in total. The van der Waals surface area contributed by atoms with Crippen LogP contribution in [0.4, 0.5) is 0 Å². The van der Waals surface area contributed by atoms with Gasteiger partial charge in [0, 0.05) is 50.4 Å². The third kappa shape index (κ3) is 2.95. The second kappa shape index (κ2) is 6.17. The second-order valence-corrected chi connectivity index (χ2v) is 6.39. The fourth-order valence-electron chi connectivity index (χ4n) is 3.28. The Balaban J connectivity index is 1.53. The highest BCUT2D eigenvalue weighted by molar-refractivity contribution is 5.54. The number of nitrogens with zero attached hydrogens (tertiary/aromatic N) is 5. The van der Waals surface area contributed by atoms with Crippen molar-refractivity contribution in [3.8, 4) is 11.4 Å². The summed E-state index contributed by atoms with van der Waals surface area (Å²) in [4.78, 5) is 11.8. The van der Waals surface area contributed by atoms with E-state index in [-0.39, 0.29) is 0 Å². The normalized spacial score (nSPS) is 14.6. The molecular formula is C19H21N5. The van der Waals surface area contributed by atoms with Crippen molar-refractivity contribution >= 4 is 0 Å². The zero-order valence-corrected chi connectivity index (χ0v) is 14.1. The number of hydrogen-bond acceptors (Lipinski definition) is 4. The summed E-state index contributed by atoms with van der Waals surface area (Å²) in [5.41, 5.74) is 5.81. The molecule has 1 aliphatic rings. The lowest BCUT2D eigenvalue weighted by atomic mass is 10.1. The number of benzene rings is 1. The van der Waals surface area contributed by atoms with Gasteiger partial charge in [-0.15, -0.1) is 0 Å². The summed E-state index contributed by atoms with van der Waals surface area (Å²) in [5.74, 6) is 0.824. The standard InChI is InChI=1S/C19H21N5/c1-14-10-17(23(2)22-14)13-24-9-8-18-16(12-24)11-20-19(21-18)15-6-4-3-5-7-15/h3-7,10-11H,8-9,12-13H2,1-2H3. The maximum absolute atomic E-state index is 4.79. The topological polar surface area (TPSA) is 46.8 Å². The number of aromatic nitrogens is 4. The highest BCUT2D eigenvalue weighted by Crippen LogP contribution is 2.22. The van der Waals surface area contributed by atoms with Crippen LogP contribution < -0.4 is 0 Å². The van der Waals surface area contributed by atoms with Crippen LogP contribution in [0.3, 0.4) is 0 Å². The Hall–Kier alpha value is -2.53. The van der Waals surface area contributed by atoms with Crippen molar-refractivity contribution < 1.29 is 0 Å². The average Bonchev–Trinajstić information content (AvgIpc) is 2.92. The van der Waals surface area contributed by atoms with Gasteiger partial charge in [-0.25, -0.2) is 9.97 Å². The summed E-state index contributed by atoms with van der Waals surface area (Å²) in [6.07, 6.45) is 2.96. The number of hydrogen-bond donors (Lipinski definition) is 0. The smallest absolute Gasteiger partial charge is 0.159 e. The average molecular weight is 319 g/mol. The van der Waals surface area contributed by atoms with E-state index in [1.54, 1.807) is 0 Å². The van der Waals surface area contributed by atoms with E-state index in [4.69, 9.17) is 4.98 Å². The van der Waals surface area contributed by atoms with Gasteiger partial charge in [0.15, 0.2) is 5.82 Å². The van der Waals surface area contributed by atoms with E-state index in [2.05, 4.69) is 33.2 Å². The molecule has 3 heterocycles. The van der Waals surface area contributed by atoms with Crippen molar-refractivity contribution in [3.63, 3.8) is 0 Å². The van der Waals surface area contributed by atoms with E-state index in [1.165, 1.54) is 17.0 Å². The first-order chi connectivity index (χ1) is 11.7. The lowest BCUT2D eigenvalue weighted by Gasteiger charge is -2.27. The molecule has 5 nitrogen and oxygen atoms in total. The molecule has 2 aromatic heterocycles. The van der Waals surface area contributed by atoms with E-state index < -0.39 is 0 Å². The molecule has 3 aromatic rings. The van der Waals surface area contributed by atoms with Gasteiger partial charge in [0.25, 0.3) is 0 Å². The minimum Gasteiger partial charge on any atom is -0.293 e. The van der Waals surface area contributed by atoms with Gasteiger partial charge in [0.2, 0.25) is 0 Å². The molecular weight excluding hydrogens is 298 g/mol. The van der Waals surface area contributed by atoms with E-state index in [9.17, 15) is 0 Å². The van der Waals surface area contributed by atoms with Gasteiger partial charge in [-0.1, -0.05) is 30.3 Å². The SMILES string of the molecule is Cc1cc(CN2CCc3nc(-c4ccccc4)ncc3C2)n(C)n1. The molecule has 0 saturated heterocycles. The molecule has 0 unspecified atom stereocenters. The van der Waals surface area contributed by atoms with E-state index >= 15 is 0 Å². The van der Waals surface area contributed by atoms with Gasteiger partial charge < -0.3 is 0 Å². The maximum atomic E-state index is 4.79. The lowest BCUT2D eigenvalue weighted by molar-refractivity contribution is 0.236. The van der Waals surface area contributed by atoms with E-state index in [0.29, 0.717) is 0 Å². The Morgan fingerprint density at radius 1 is 1.17 bits per heavy atom. The fraction of sp³-hybridized carbons (Fsp3) is 0.316. The molecule has 0 fully saturated rings. The maximum Gasteiger partial charge on any atom is 0.159 e. The van der Waals surface area contributed by atoms with Gasteiger partial charge in [-0.05, 0) is 13.0 Å². The van der Waals surface area contributed by atoms with Crippen molar-refractivity contribution in [1.29, 1.82) is 0 Å². The minimum atomic E-state index is 0.824. The Morgan fingerprint density at radius 2 is 2.00 bits per heavy atom. The largest absolute Gasteiger partial charge is 0.293 e. The monoisotopic (exact) mass is 319 g/mol. The summed E-state index contributed by atoms with van der Waals surface area (Å²) in [5, 5.41) is 4.43. The third-order valence-corrected chi connectivity index (χ3v) is 4.53.